The van der Waals surface area contributed by atoms with Gasteiger partial charge in [0.2, 0.25) is 0 Å². The minimum Gasteiger partial charge on any atom is -0.361 e. The first-order valence-electron chi connectivity index (χ1n) is 5.55. The predicted octanol–water partition coefficient (Wildman–Crippen LogP) is 3.55. The lowest BCUT2D eigenvalue weighted by atomic mass is 10.2. The molecule has 0 saturated heterocycles. The highest BCUT2D eigenvalue weighted by Crippen LogP contribution is 2.06. The van der Waals surface area contributed by atoms with Crippen molar-refractivity contribution in [3.63, 3.8) is 0 Å². The molecule has 0 aromatic carbocycles. The van der Waals surface area contributed by atoms with Gasteiger partial charge in [-0.1, -0.05) is 41.5 Å². The minimum absolute atomic E-state index is 0.407. The largest absolute Gasteiger partial charge is 0.361 e. The molecule has 2 N–H and O–H groups in total. The van der Waals surface area contributed by atoms with E-state index in [2.05, 4.69) is 6.92 Å². The molecule has 0 bridgehead atoms. The van der Waals surface area contributed by atoms with Gasteiger partial charge in [0.1, 0.15) is 5.72 Å². The number of rotatable bonds is 4. The topological polar surface area (TPSA) is 35.2 Å². The van der Waals surface area contributed by atoms with Crippen molar-refractivity contribution in [3.8, 4) is 0 Å². The predicted molar refractivity (Wildman–Crippen MR) is 61.8 cm³/mol. The van der Waals surface area contributed by atoms with Crippen LogP contribution in [0.15, 0.2) is 0 Å². The van der Waals surface area contributed by atoms with Crippen LogP contribution in [0.4, 0.5) is 0 Å². The monoisotopic (exact) mass is 191 g/mol. The SMILES string of the molecule is CC.CC.CCCOC(C)(N)CC. The third kappa shape index (κ3) is 18.7. The molecule has 0 aromatic heterocycles. The lowest BCUT2D eigenvalue weighted by Crippen LogP contribution is -2.38. The fourth-order valence-corrected chi connectivity index (χ4v) is 0.437. The second-order valence-electron chi connectivity index (χ2n) is 2.51. The quantitative estimate of drug-likeness (QED) is 0.690. The molecule has 0 rings (SSSR count). The smallest absolute Gasteiger partial charge is 0.113 e. The zero-order valence-corrected chi connectivity index (χ0v) is 10.6. The number of hydrogen-bond acceptors (Lipinski definition) is 2. The molecule has 0 radical (unpaired) electrons. The summed E-state index contributed by atoms with van der Waals surface area (Å²) in [4.78, 5) is 0. The van der Waals surface area contributed by atoms with Crippen LogP contribution in [0.5, 0.6) is 0 Å². The van der Waals surface area contributed by atoms with Crippen molar-refractivity contribution in [2.24, 2.45) is 5.73 Å². The molecule has 84 valence electrons. The van der Waals surface area contributed by atoms with E-state index >= 15 is 0 Å². The van der Waals surface area contributed by atoms with E-state index in [1.807, 2.05) is 41.5 Å². The third-order valence-electron chi connectivity index (χ3n) is 1.34. The van der Waals surface area contributed by atoms with Gasteiger partial charge in [-0.2, -0.15) is 0 Å². The molecular weight excluding hydrogens is 162 g/mol. The highest BCUT2D eigenvalue weighted by atomic mass is 16.5. The first-order valence-corrected chi connectivity index (χ1v) is 5.55. The summed E-state index contributed by atoms with van der Waals surface area (Å²) < 4.78 is 5.31. The van der Waals surface area contributed by atoms with Crippen LogP contribution in [0.2, 0.25) is 0 Å². The van der Waals surface area contributed by atoms with Crippen molar-refractivity contribution in [1.82, 2.24) is 0 Å². The Morgan fingerprint density at radius 1 is 1.08 bits per heavy atom. The Bertz CT molecular complexity index is 72.5. The number of nitrogens with two attached hydrogens (primary N) is 1. The fraction of sp³-hybridized carbons (Fsp3) is 1.00. The molecule has 0 aliphatic rings. The standard InChI is InChI=1S/C7H17NO.2C2H6/c1-4-6-9-7(3,8)5-2;2*1-2/h4-6,8H2,1-3H3;2*1-2H3. The maximum absolute atomic E-state index is 5.68. The van der Waals surface area contributed by atoms with E-state index in [1.54, 1.807) is 0 Å². The maximum atomic E-state index is 5.68. The van der Waals surface area contributed by atoms with Crippen molar-refractivity contribution >= 4 is 0 Å². The van der Waals surface area contributed by atoms with Gasteiger partial charge in [0, 0.05) is 6.61 Å². The third-order valence-corrected chi connectivity index (χ3v) is 1.34. The molecule has 0 aliphatic carbocycles. The Kier molecular flexibility index (Phi) is 20.7. The van der Waals surface area contributed by atoms with Crippen LogP contribution < -0.4 is 5.73 Å². The Labute approximate surface area is 84.9 Å². The summed E-state index contributed by atoms with van der Waals surface area (Å²) in [6, 6.07) is 0. The number of ether oxygens (including phenoxy) is 1. The van der Waals surface area contributed by atoms with Crippen LogP contribution in [0.25, 0.3) is 0 Å². The molecule has 0 amide bonds. The first-order chi connectivity index (χ1) is 6.12. The molecule has 2 heteroatoms. The van der Waals surface area contributed by atoms with Gasteiger partial charge < -0.3 is 10.5 Å². The van der Waals surface area contributed by atoms with Crippen molar-refractivity contribution in [2.45, 2.75) is 67.0 Å². The fourth-order valence-electron chi connectivity index (χ4n) is 0.437. The van der Waals surface area contributed by atoms with Crippen LogP contribution in [-0.4, -0.2) is 12.3 Å². The van der Waals surface area contributed by atoms with E-state index in [-0.39, 0.29) is 0 Å². The van der Waals surface area contributed by atoms with Gasteiger partial charge in [-0.15, -0.1) is 0 Å². The molecule has 13 heavy (non-hydrogen) atoms. The first kappa shape index (κ1) is 18.7. The zero-order valence-electron chi connectivity index (χ0n) is 10.6. The molecule has 0 saturated carbocycles. The Morgan fingerprint density at radius 3 is 1.69 bits per heavy atom. The highest BCUT2D eigenvalue weighted by molar-refractivity contribution is 4.61. The second kappa shape index (κ2) is 14.4. The number of hydrogen-bond donors (Lipinski definition) is 1. The molecular formula is C11H29NO. The summed E-state index contributed by atoms with van der Waals surface area (Å²) in [7, 11) is 0. The Balaban J connectivity index is -0.000000218. The van der Waals surface area contributed by atoms with Gasteiger partial charge >= 0.3 is 0 Å². The van der Waals surface area contributed by atoms with Gasteiger partial charge in [0.05, 0.1) is 0 Å². The average molecular weight is 191 g/mol. The van der Waals surface area contributed by atoms with Gasteiger partial charge in [-0.05, 0) is 19.8 Å². The van der Waals surface area contributed by atoms with Crippen molar-refractivity contribution < 1.29 is 4.74 Å². The molecule has 1 atom stereocenters. The zero-order chi connectivity index (χ0) is 11.3. The van der Waals surface area contributed by atoms with E-state index in [1.165, 1.54) is 0 Å². The van der Waals surface area contributed by atoms with Gasteiger partial charge in [-0.25, -0.2) is 0 Å². The van der Waals surface area contributed by atoms with Crippen LogP contribution in [0.3, 0.4) is 0 Å². The van der Waals surface area contributed by atoms with Gasteiger partial charge in [-0.3, -0.25) is 0 Å². The molecule has 0 aromatic rings. The lowest BCUT2D eigenvalue weighted by molar-refractivity contribution is -0.0292. The van der Waals surface area contributed by atoms with E-state index < -0.39 is 5.72 Å². The highest BCUT2D eigenvalue weighted by Gasteiger charge is 2.13. The van der Waals surface area contributed by atoms with Gasteiger partial charge in [0.15, 0.2) is 0 Å². The Hall–Kier alpha value is -0.0800. The molecule has 0 spiro atoms. The maximum Gasteiger partial charge on any atom is 0.113 e. The second-order valence-corrected chi connectivity index (χ2v) is 2.51. The summed E-state index contributed by atoms with van der Waals surface area (Å²) in [5.74, 6) is 0. The molecule has 0 fully saturated rings. The van der Waals surface area contributed by atoms with Crippen LogP contribution >= 0.6 is 0 Å². The van der Waals surface area contributed by atoms with Crippen molar-refractivity contribution in [3.05, 3.63) is 0 Å². The van der Waals surface area contributed by atoms with E-state index in [9.17, 15) is 0 Å². The van der Waals surface area contributed by atoms with Crippen molar-refractivity contribution in [2.75, 3.05) is 6.61 Å². The molecule has 0 heterocycles. The molecule has 2 nitrogen and oxygen atoms in total. The minimum atomic E-state index is -0.407. The summed E-state index contributed by atoms with van der Waals surface area (Å²) >= 11 is 0. The summed E-state index contributed by atoms with van der Waals surface area (Å²) in [6.07, 6.45) is 1.90. The molecule has 0 aliphatic heterocycles. The van der Waals surface area contributed by atoms with Crippen LogP contribution in [-0.2, 0) is 4.74 Å². The average Bonchev–Trinajstić information content (AvgIpc) is 2.21. The normalized spacial score (nSPS) is 12.9. The van der Waals surface area contributed by atoms with E-state index in [0.29, 0.717) is 0 Å². The van der Waals surface area contributed by atoms with Crippen LogP contribution in [0.1, 0.15) is 61.3 Å². The van der Waals surface area contributed by atoms with Crippen molar-refractivity contribution in [1.29, 1.82) is 0 Å². The lowest BCUT2D eigenvalue weighted by Gasteiger charge is -2.22. The van der Waals surface area contributed by atoms with Crippen LogP contribution in [0, 0.1) is 0 Å². The summed E-state index contributed by atoms with van der Waals surface area (Å²) in [6.45, 7) is 14.8. The van der Waals surface area contributed by atoms with E-state index in [4.69, 9.17) is 10.5 Å². The summed E-state index contributed by atoms with van der Waals surface area (Å²) in [5, 5.41) is 0. The summed E-state index contributed by atoms with van der Waals surface area (Å²) in [5.41, 5.74) is 5.27. The molecule has 1 unspecified atom stereocenters. The van der Waals surface area contributed by atoms with E-state index in [0.717, 1.165) is 19.4 Å². The Morgan fingerprint density at radius 2 is 1.46 bits per heavy atom. The van der Waals surface area contributed by atoms with Gasteiger partial charge in [0.25, 0.3) is 0 Å².